The van der Waals surface area contributed by atoms with Gasteiger partial charge in [-0.1, -0.05) is 19.1 Å². The van der Waals surface area contributed by atoms with E-state index in [1.54, 1.807) is 10.8 Å². The Morgan fingerprint density at radius 1 is 1.90 bits per heavy atom. The molecule has 0 fully saturated rings. The van der Waals surface area contributed by atoms with Crippen molar-refractivity contribution in [1.29, 1.82) is 0 Å². The molecule has 0 aliphatic heterocycles. The Bertz CT molecular complexity index is 242. The summed E-state index contributed by atoms with van der Waals surface area (Å²) in [7, 11) is 0. The van der Waals surface area contributed by atoms with Crippen LogP contribution < -0.4 is 0 Å². The number of aromatic nitrogens is 2. The highest BCUT2D eigenvalue weighted by Crippen LogP contribution is 2.00. The van der Waals surface area contributed by atoms with Gasteiger partial charge in [-0.05, 0) is 0 Å². The maximum atomic E-state index is 4.86. The van der Waals surface area contributed by atoms with Gasteiger partial charge in [0.1, 0.15) is 10.1 Å². The summed E-state index contributed by atoms with van der Waals surface area (Å²) < 4.78 is 2.34. The predicted octanol–water partition coefficient (Wildman–Crippen LogP) is 1.51. The Hall–Kier alpha value is -0.350. The third-order valence-electron chi connectivity index (χ3n) is 1.24. The molecule has 1 heterocycles. The quantitative estimate of drug-likeness (QED) is 0.511. The van der Waals surface area contributed by atoms with E-state index in [0.29, 0.717) is 4.32 Å². The fourth-order valence-electron chi connectivity index (χ4n) is 0.770. The zero-order valence-corrected chi connectivity index (χ0v) is 7.32. The van der Waals surface area contributed by atoms with E-state index >= 15 is 0 Å². The van der Waals surface area contributed by atoms with Gasteiger partial charge in [0.15, 0.2) is 0 Å². The van der Waals surface area contributed by atoms with Crippen LogP contribution in [0.3, 0.4) is 0 Å². The molecule has 1 rings (SSSR count). The molecule has 0 amide bonds. The van der Waals surface area contributed by atoms with E-state index in [0.717, 1.165) is 12.2 Å². The third-order valence-corrected chi connectivity index (χ3v) is 1.65. The van der Waals surface area contributed by atoms with Gasteiger partial charge in [-0.3, -0.25) is 4.57 Å². The van der Waals surface area contributed by atoms with Crippen molar-refractivity contribution < 1.29 is 0 Å². The standard InChI is InChI=1S/C6H8N2S2/c1-2-5-7-3-4-8(5)6(9)10/h3-4H,2H2,1H3,(H,9,10). The summed E-state index contributed by atoms with van der Waals surface area (Å²) in [6.45, 7) is 2.03. The van der Waals surface area contributed by atoms with E-state index in [4.69, 9.17) is 12.2 Å². The van der Waals surface area contributed by atoms with Crippen molar-refractivity contribution in [3.63, 3.8) is 0 Å². The lowest BCUT2D eigenvalue weighted by molar-refractivity contribution is 0.939. The first-order valence-corrected chi connectivity index (χ1v) is 3.86. The minimum absolute atomic E-state index is 0.550. The van der Waals surface area contributed by atoms with Crippen LogP contribution in [0.25, 0.3) is 0 Å². The molecule has 0 atom stereocenters. The van der Waals surface area contributed by atoms with E-state index < -0.39 is 0 Å². The van der Waals surface area contributed by atoms with Crippen molar-refractivity contribution in [1.82, 2.24) is 9.55 Å². The molecule has 0 bridgehead atoms. The molecule has 1 aromatic rings. The lowest BCUT2D eigenvalue weighted by Gasteiger charge is -1.99. The fourth-order valence-corrected chi connectivity index (χ4v) is 1.12. The first-order chi connectivity index (χ1) is 4.75. The maximum Gasteiger partial charge on any atom is 0.142 e. The van der Waals surface area contributed by atoms with Gasteiger partial charge in [0, 0.05) is 18.8 Å². The van der Waals surface area contributed by atoms with Gasteiger partial charge in [0.05, 0.1) is 0 Å². The molecular weight excluding hydrogens is 164 g/mol. The summed E-state index contributed by atoms with van der Waals surface area (Å²) in [5, 5.41) is 0. The second-order valence-electron chi connectivity index (χ2n) is 1.85. The van der Waals surface area contributed by atoms with Crippen LogP contribution in [0.5, 0.6) is 0 Å². The van der Waals surface area contributed by atoms with Gasteiger partial charge >= 0.3 is 0 Å². The monoisotopic (exact) mass is 172 g/mol. The zero-order valence-electron chi connectivity index (χ0n) is 5.61. The average Bonchev–Trinajstić information content (AvgIpc) is 2.33. The lowest BCUT2D eigenvalue weighted by Crippen LogP contribution is -2.04. The van der Waals surface area contributed by atoms with Crippen LogP contribution in [0.2, 0.25) is 0 Å². The van der Waals surface area contributed by atoms with Gasteiger partial charge in [-0.25, -0.2) is 4.98 Å². The summed E-state index contributed by atoms with van der Waals surface area (Å²) in [5.41, 5.74) is 0. The largest absolute Gasteiger partial charge is 0.289 e. The third kappa shape index (κ3) is 1.38. The molecule has 0 unspecified atom stereocenters. The van der Waals surface area contributed by atoms with Crippen molar-refractivity contribution in [2.45, 2.75) is 13.3 Å². The highest BCUT2D eigenvalue weighted by atomic mass is 32.1. The second kappa shape index (κ2) is 3.16. The van der Waals surface area contributed by atoms with Crippen LogP contribution in [0.15, 0.2) is 12.4 Å². The minimum Gasteiger partial charge on any atom is -0.289 e. The predicted molar refractivity (Wildman–Crippen MR) is 48.6 cm³/mol. The van der Waals surface area contributed by atoms with Gasteiger partial charge in [0.2, 0.25) is 0 Å². The molecule has 0 aromatic carbocycles. The first-order valence-electron chi connectivity index (χ1n) is 3.01. The summed E-state index contributed by atoms with van der Waals surface area (Å²) in [6.07, 6.45) is 4.42. The Labute approximate surface area is 70.7 Å². The molecular formula is C6H8N2S2. The number of nitrogens with zero attached hydrogens (tertiary/aromatic N) is 2. The summed E-state index contributed by atoms with van der Waals surface area (Å²) in [4.78, 5) is 4.08. The van der Waals surface area contributed by atoms with Crippen LogP contribution in [-0.2, 0) is 6.42 Å². The van der Waals surface area contributed by atoms with Gasteiger partial charge < -0.3 is 0 Å². The van der Waals surface area contributed by atoms with Crippen molar-refractivity contribution in [2.24, 2.45) is 0 Å². The summed E-state index contributed by atoms with van der Waals surface area (Å²) >= 11 is 8.89. The highest BCUT2D eigenvalue weighted by Gasteiger charge is 1.99. The van der Waals surface area contributed by atoms with Crippen molar-refractivity contribution in [2.75, 3.05) is 0 Å². The van der Waals surface area contributed by atoms with Crippen LogP contribution in [0.4, 0.5) is 0 Å². The normalized spacial score (nSPS) is 9.80. The highest BCUT2D eigenvalue weighted by molar-refractivity contribution is 8.11. The maximum absolute atomic E-state index is 4.86. The molecule has 0 N–H and O–H groups in total. The van der Waals surface area contributed by atoms with Crippen molar-refractivity contribution >= 4 is 29.2 Å². The molecule has 0 aliphatic rings. The second-order valence-corrected chi connectivity index (χ2v) is 2.96. The van der Waals surface area contributed by atoms with E-state index in [-0.39, 0.29) is 0 Å². The van der Waals surface area contributed by atoms with Gasteiger partial charge in [-0.15, -0.1) is 12.6 Å². The topological polar surface area (TPSA) is 17.8 Å². The number of hydrogen-bond acceptors (Lipinski definition) is 2. The average molecular weight is 172 g/mol. The number of rotatable bonds is 1. The summed E-state index contributed by atoms with van der Waals surface area (Å²) in [6, 6.07) is 0. The van der Waals surface area contributed by atoms with Crippen LogP contribution in [0, 0.1) is 0 Å². The fraction of sp³-hybridized carbons (Fsp3) is 0.333. The molecule has 0 aliphatic carbocycles. The SMILES string of the molecule is CCc1nccn1C(=S)S. The Kier molecular flexibility index (Phi) is 2.45. The molecule has 0 spiro atoms. The molecule has 10 heavy (non-hydrogen) atoms. The molecule has 2 nitrogen and oxygen atoms in total. The smallest absolute Gasteiger partial charge is 0.142 e. The zero-order chi connectivity index (χ0) is 7.56. The van der Waals surface area contributed by atoms with Gasteiger partial charge in [0.25, 0.3) is 0 Å². The molecule has 0 saturated heterocycles. The van der Waals surface area contributed by atoms with E-state index in [9.17, 15) is 0 Å². The van der Waals surface area contributed by atoms with Crippen molar-refractivity contribution in [3.8, 4) is 0 Å². The number of aryl methyl sites for hydroxylation is 1. The molecule has 4 heteroatoms. The number of thiol groups is 1. The Balaban J connectivity index is 3.01. The van der Waals surface area contributed by atoms with Crippen molar-refractivity contribution in [3.05, 3.63) is 18.2 Å². The lowest BCUT2D eigenvalue weighted by atomic mass is 10.5. The van der Waals surface area contributed by atoms with Crippen LogP contribution >= 0.6 is 24.8 Å². The molecule has 54 valence electrons. The minimum atomic E-state index is 0.550. The van der Waals surface area contributed by atoms with Gasteiger partial charge in [-0.2, -0.15) is 0 Å². The van der Waals surface area contributed by atoms with Crippen LogP contribution in [-0.4, -0.2) is 13.9 Å². The molecule has 0 radical (unpaired) electrons. The molecule has 1 aromatic heterocycles. The Morgan fingerprint density at radius 2 is 2.60 bits per heavy atom. The number of hydrogen-bond donors (Lipinski definition) is 1. The van der Waals surface area contributed by atoms with E-state index in [2.05, 4.69) is 17.6 Å². The van der Waals surface area contributed by atoms with Crippen LogP contribution in [0.1, 0.15) is 12.7 Å². The van der Waals surface area contributed by atoms with E-state index in [1.807, 2.05) is 13.1 Å². The Morgan fingerprint density at radius 3 is 3.00 bits per heavy atom. The summed E-state index contributed by atoms with van der Waals surface area (Å²) in [5.74, 6) is 0.958. The molecule has 0 saturated carbocycles. The number of imidazole rings is 1. The van der Waals surface area contributed by atoms with E-state index in [1.165, 1.54) is 0 Å². The first kappa shape index (κ1) is 7.75. The number of thiocarbonyl (C=S) groups is 1.